The summed E-state index contributed by atoms with van der Waals surface area (Å²) in [7, 11) is 4.35. The molecular formula is C17H38ClN. The van der Waals surface area contributed by atoms with E-state index in [0.717, 1.165) is 5.92 Å². The highest BCUT2D eigenvalue weighted by molar-refractivity contribution is 5.85. The third-order valence-corrected chi connectivity index (χ3v) is 3.73. The van der Waals surface area contributed by atoms with Gasteiger partial charge < -0.3 is 4.90 Å². The number of rotatable bonds is 13. The van der Waals surface area contributed by atoms with Crippen molar-refractivity contribution in [3.8, 4) is 0 Å². The van der Waals surface area contributed by atoms with Crippen LogP contribution in [0.15, 0.2) is 0 Å². The van der Waals surface area contributed by atoms with E-state index in [0.29, 0.717) is 0 Å². The highest BCUT2D eigenvalue weighted by atomic mass is 35.5. The third-order valence-electron chi connectivity index (χ3n) is 3.73. The van der Waals surface area contributed by atoms with Crippen LogP contribution in [0, 0.1) is 5.92 Å². The molecule has 0 aliphatic heterocycles. The second-order valence-corrected chi connectivity index (χ2v) is 6.34. The molecule has 0 saturated heterocycles. The Labute approximate surface area is 128 Å². The maximum absolute atomic E-state index is 2.38. The normalized spacial score (nSPS) is 12.5. The van der Waals surface area contributed by atoms with Crippen LogP contribution in [-0.4, -0.2) is 25.5 Å². The molecule has 0 bridgehead atoms. The number of unbranched alkanes of at least 4 members (excludes halogenated alkanes) is 9. The molecule has 0 heterocycles. The molecule has 0 amide bonds. The lowest BCUT2D eigenvalue weighted by Crippen LogP contribution is -2.19. The fraction of sp³-hybridized carbons (Fsp3) is 1.00. The van der Waals surface area contributed by atoms with E-state index in [1.54, 1.807) is 0 Å². The van der Waals surface area contributed by atoms with Crippen molar-refractivity contribution in [3.05, 3.63) is 0 Å². The molecule has 0 rings (SSSR count). The predicted molar refractivity (Wildman–Crippen MR) is 91.4 cm³/mol. The van der Waals surface area contributed by atoms with Gasteiger partial charge in [0.25, 0.3) is 0 Å². The maximum Gasteiger partial charge on any atom is 0.0000920 e. The number of nitrogens with zero attached hydrogens (tertiary/aromatic N) is 1. The minimum Gasteiger partial charge on any atom is -0.309 e. The van der Waals surface area contributed by atoms with E-state index in [9.17, 15) is 0 Å². The first-order valence-electron chi connectivity index (χ1n) is 8.31. The first kappa shape index (κ1) is 21.5. The van der Waals surface area contributed by atoms with Crippen LogP contribution in [0.2, 0.25) is 0 Å². The predicted octanol–water partition coefficient (Wildman–Crippen LogP) is 5.92. The van der Waals surface area contributed by atoms with E-state index in [4.69, 9.17) is 0 Å². The van der Waals surface area contributed by atoms with Gasteiger partial charge in [-0.1, -0.05) is 78.1 Å². The summed E-state index contributed by atoms with van der Waals surface area (Å²) in [6.45, 7) is 5.92. The molecule has 0 aromatic rings. The summed E-state index contributed by atoms with van der Waals surface area (Å²) < 4.78 is 0. The van der Waals surface area contributed by atoms with Gasteiger partial charge >= 0.3 is 0 Å². The second-order valence-electron chi connectivity index (χ2n) is 6.34. The average Bonchev–Trinajstić information content (AvgIpc) is 2.30. The van der Waals surface area contributed by atoms with Crippen LogP contribution in [0.5, 0.6) is 0 Å². The minimum atomic E-state index is 0. The van der Waals surface area contributed by atoms with Crippen molar-refractivity contribution >= 4 is 12.4 Å². The first-order valence-corrected chi connectivity index (χ1v) is 8.31. The van der Waals surface area contributed by atoms with Gasteiger partial charge in [0.05, 0.1) is 0 Å². The third kappa shape index (κ3) is 18.2. The topological polar surface area (TPSA) is 3.24 Å². The van der Waals surface area contributed by atoms with E-state index in [-0.39, 0.29) is 12.4 Å². The van der Waals surface area contributed by atoms with Crippen molar-refractivity contribution < 1.29 is 0 Å². The number of hydrogen-bond acceptors (Lipinski definition) is 1. The molecule has 1 unspecified atom stereocenters. The number of hydrogen-bond donors (Lipinski definition) is 0. The van der Waals surface area contributed by atoms with E-state index in [1.807, 2.05) is 0 Å². The molecule has 0 radical (unpaired) electrons. The van der Waals surface area contributed by atoms with Gasteiger partial charge in [-0.2, -0.15) is 0 Å². The molecule has 2 heteroatoms. The fourth-order valence-corrected chi connectivity index (χ4v) is 2.69. The molecule has 1 atom stereocenters. The summed E-state index contributed by atoms with van der Waals surface area (Å²) in [4.78, 5) is 2.31. The number of halogens is 1. The van der Waals surface area contributed by atoms with Crippen molar-refractivity contribution in [2.24, 2.45) is 5.92 Å². The Morgan fingerprint density at radius 3 is 1.58 bits per heavy atom. The Morgan fingerprint density at radius 1 is 0.737 bits per heavy atom. The lowest BCUT2D eigenvalue weighted by atomic mass is 10.0. The zero-order valence-electron chi connectivity index (χ0n) is 13.9. The van der Waals surface area contributed by atoms with Crippen molar-refractivity contribution in [2.45, 2.75) is 84.5 Å². The van der Waals surface area contributed by atoms with Gasteiger partial charge in [0.15, 0.2) is 0 Å². The molecule has 118 valence electrons. The van der Waals surface area contributed by atoms with Crippen LogP contribution < -0.4 is 0 Å². The molecule has 19 heavy (non-hydrogen) atoms. The van der Waals surface area contributed by atoms with Gasteiger partial charge in [-0.25, -0.2) is 0 Å². The first-order chi connectivity index (χ1) is 8.66. The Kier molecular flexibility index (Phi) is 18.5. The summed E-state index contributed by atoms with van der Waals surface area (Å²) in [5, 5.41) is 0. The van der Waals surface area contributed by atoms with Gasteiger partial charge in [0.1, 0.15) is 0 Å². The van der Waals surface area contributed by atoms with Gasteiger partial charge in [-0.3, -0.25) is 0 Å². The standard InChI is InChI=1S/C17H37N.ClH/c1-5-6-7-8-9-10-11-12-13-14-15-17(2)16-18(3)4;/h17H,5-16H2,1-4H3;1H. The zero-order valence-corrected chi connectivity index (χ0v) is 14.7. The van der Waals surface area contributed by atoms with E-state index < -0.39 is 0 Å². The van der Waals surface area contributed by atoms with Crippen LogP contribution in [0.1, 0.15) is 84.5 Å². The zero-order chi connectivity index (χ0) is 13.6. The fourth-order valence-electron chi connectivity index (χ4n) is 2.69. The molecule has 0 spiro atoms. The molecule has 0 saturated carbocycles. The highest BCUT2D eigenvalue weighted by Crippen LogP contribution is 2.14. The SMILES string of the molecule is CCCCCCCCCCCCC(C)CN(C)C.Cl. The lowest BCUT2D eigenvalue weighted by molar-refractivity contribution is 0.321. The molecular weight excluding hydrogens is 254 g/mol. The minimum absolute atomic E-state index is 0. The van der Waals surface area contributed by atoms with E-state index in [2.05, 4.69) is 32.8 Å². The maximum atomic E-state index is 2.38. The van der Waals surface area contributed by atoms with Crippen LogP contribution >= 0.6 is 12.4 Å². The van der Waals surface area contributed by atoms with Gasteiger partial charge in [-0.05, 0) is 26.4 Å². The quantitative estimate of drug-likeness (QED) is 0.381. The summed E-state index contributed by atoms with van der Waals surface area (Å²) in [5.41, 5.74) is 0. The smallest absolute Gasteiger partial charge is 0.0000920 e. The van der Waals surface area contributed by atoms with Crippen LogP contribution in [-0.2, 0) is 0 Å². The average molecular weight is 292 g/mol. The molecule has 1 nitrogen and oxygen atoms in total. The Balaban J connectivity index is 0. The Morgan fingerprint density at radius 2 is 1.16 bits per heavy atom. The van der Waals surface area contributed by atoms with Crippen molar-refractivity contribution in [1.82, 2.24) is 4.90 Å². The van der Waals surface area contributed by atoms with Gasteiger partial charge in [-0.15, -0.1) is 12.4 Å². The van der Waals surface area contributed by atoms with Crippen LogP contribution in [0.25, 0.3) is 0 Å². The monoisotopic (exact) mass is 291 g/mol. The summed E-state index contributed by atoms with van der Waals surface area (Å²) >= 11 is 0. The van der Waals surface area contributed by atoms with Gasteiger partial charge in [0, 0.05) is 6.54 Å². The van der Waals surface area contributed by atoms with E-state index >= 15 is 0 Å². The van der Waals surface area contributed by atoms with Crippen molar-refractivity contribution in [2.75, 3.05) is 20.6 Å². The summed E-state index contributed by atoms with van der Waals surface area (Å²) in [6.07, 6.45) is 15.9. The summed E-state index contributed by atoms with van der Waals surface area (Å²) in [5.74, 6) is 0.869. The largest absolute Gasteiger partial charge is 0.309 e. The molecule has 0 aliphatic carbocycles. The van der Waals surface area contributed by atoms with Crippen LogP contribution in [0.3, 0.4) is 0 Å². The summed E-state index contributed by atoms with van der Waals surface area (Å²) in [6, 6.07) is 0. The van der Waals surface area contributed by atoms with Crippen molar-refractivity contribution in [3.63, 3.8) is 0 Å². The van der Waals surface area contributed by atoms with Crippen molar-refractivity contribution in [1.29, 1.82) is 0 Å². The van der Waals surface area contributed by atoms with Crippen LogP contribution in [0.4, 0.5) is 0 Å². The lowest BCUT2D eigenvalue weighted by Gasteiger charge is -2.16. The Hall–Kier alpha value is 0.250. The highest BCUT2D eigenvalue weighted by Gasteiger charge is 2.02. The van der Waals surface area contributed by atoms with Gasteiger partial charge in [0.2, 0.25) is 0 Å². The molecule has 0 N–H and O–H groups in total. The Bertz CT molecular complexity index is 159. The second kappa shape index (κ2) is 16.3. The molecule has 0 aromatic carbocycles. The molecule has 0 aliphatic rings. The van der Waals surface area contributed by atoms with E-state index in [1.165, 1.54) is 77.2 Å². The molecule has 0 aromatic heterocycles. The molecule has 0 fully saturated rings.